The van der Waals surface area contributed by atoms with Crippen LogP contribution in [0.2, 0.25) is 0 Å². The van der Waals surface area contributed by atoms with E-state index < -0.39 is 0 Å². The van der Waals surface area contributed by atoms with Gasteiger partial charge in [-0.25, -0.2) is 0 Å². The molecule has 2 heteroatoms. The Morgan fingerprint density at radius 2 is 2.22 bits per heavy atom. The van der Waals surface area contributed by atoms with Gasteiger partial charge in [-0.15, -0.1) is 0 Å². The number of anilines is 1. The van der Waals surface area contributed by atoms with Crippen LogP contribution in [0.5, 0.6) is 5.75 Å². The number of aryl methyl sites for hydroxylation is 1. The Balaban J connectivity index is 1.68. The fraction of sp³-hybridized carbons (Fsp3) is 0.625. The second-order valence-electron chi connectivity index (χ2n) is 5.75. The highest BCUT2D eigenvalue weighted by atomic mass is 16.5. The maximum atomic E-state index is 5.53. The zero-order valence-electron chi connectivity index (χ0n) is 11.4. The Morgan fingerprint density at radius 1 is 1.33 bits per heavy atom. The Hall–Kier alpha value is -1.18. The van der Waals surface area contributed by atoms with E-state index in [1.165, 1.54) is 36.9 Å². The minimum absolute atomic E-state index is 0.709. The number of fused-ring (bicyclic) bond motifs is 1. The van der Waals surface area contributed by atoms with Crippen LogP contribution in [0.25, 0.3) is 0 Å². The van der Waals surface area contributed by atoms with Crippen molar-refractivity contribution in [2.45, 2.75) is 45.6 Å². The lowest BCUT2D eigenvalue weighted by Crippen LogP contribution is -2.25. The molecule has 2 aliphatic carbocycles. The van der Waals surface area contributed by atoms with Gasteiger partial charge in [-0.3, -0.25) is 0 Å². The first-order chi connectivity index (χ1) is 8.78. The molecule has 0 heterocycles. The van der Waals surface area contributed by atoms with Crippen molar-refractivity contribution in [2.24, 2.45) is 11.8 Å². The zero-order valence-corrected chi connectivity index (χ0v) is 11.4. The van der Waals surface area contributed by atoms with Crippen LogP contribution in [-0.2, 0) is 0 Å². The van der Waals surface area contributed by atoms with Crippen molar-refractivity contribution in [1.29, 1.82) is 0 Å². The van der Waals surface area contributed by atoms with Gasteiger partial charge >= 0.3 is 0 Å². The normalized spacial score (nSPS) is 29.6. The SMILES string of the molecule is CCOc1ccc(NC2CCC[C@H]3C[C@@H]23)c(C)c1. The van der Waals surface area contributed by atoms with Gasteiger partial charge in [0.05, 0.1) is 6.61 Å². The standard InChI is InChI=1S/C16H23NO/c1-3-18-13-7-8-15(11(2)9-13)17-16-6-4-5-12-10-14(12)16/h7-9,12,14,16-17H,3-6,10H2,1-2H3/t12-,14+,16?/m0/s1. The topological polar surface area (TPSA) is 21.3 Å². The average molecular weight is 245 g/mol. The summed E-state index contributed by atoms with van der Waals surface area (Å²) in [6.07, 6.45) is 5.65. The molecule has 0 aliphatic heterocycles. The highest BCUT2D eigenvalue weighted by molar-refractivity contribution is 5.54. The first-order valence-corrected chi connectivity index (χ1v) is 7.28. The molecule has 0 amide bonds. The van der Waals surface area contributed by atoms with Gasteiger partial charge in [-0.2, -0.15) is 0 Å². The highest BCUT2D eigenvalue weighted by Crippen LogP contribution is 2.50. The molecule has 2 nitrogen and oxygen atoms in total. The number of rotatable bonds is 4. The van der Waals surface area contributed by atoms with E-state index in [4.69, 9.17) is 4.74 Å². The molecule has 1 N–H and O–H groups in total. The minimum atomic E-state index is 0.709. The molecule has 0 radical (unpaired) electrons. The summed E-state index contributed by atoms with van der Waals surface area (Å²) in [6, 6.07) is 7.10. The Morgan fingerprint density at radius 3 is 3.00 bits per heavy atom. The summed E-state index contributed by atoms with van der Waals surface area (Å²) in [4.78, 5) is 0. The predicted octanol–water partition coefficient (Wildman–Crippen LogP) is 3.99. The van der Waals surface area contributed by atoms with E-state index in [9.17, 15) is 0 Å². The molecule has 2 saturated carbocycles. The van der Waals surface area contributed by atoms with E-state index in [2.05, 4.69) is 30.4 Å². The molecule has 3 atom stereocenters. The summed E-state index contributed by atoms with van der Waals surface area (Å²) in [5.41, 5.74) is 2.58. The maximum Gasteiger partial charge on any atom is 0.119 e. The zero-order chi connectivity index (χ0) is 12.5. The van der Waals surface area contributed by atoms with Gasteiger partial charge < -0.3 is 10.1 Å². The molecule has 18 heavy (non-hydrogen) atoms. The second-order valence-corrected chi connectivity index (χ2v) is 5.75. The van der Waals surface area contributed by atoms with Crippen LogP contribution in [0.3, 0.4) is 0 Å². The van der Waals surface area contributed by atoms with Crippen molar-refractivity contribution in [1.82, 2.24) is 0 Å². The molecule has 1 aromatic rings. The van der Waals surface area contributed by atoms with E-state index in [-0.39, 0.29) is 0 Å². The lowest BCUT2D eigenvalue weighted by molar-refractivity contribution is 0.340. The maximum absolute atomic E-state index is 5.53. The minimum Gasteiger partial charge on any atom is -0.494 e. The summed E-state index contributed by atoms with van der Waals surface area (Å²) < 4.78 is 5.53. The summed E-state index contributed by atoms with van der Waals surface area (Å²) in [5.74, 6) is 2.96. The molecule has 1 unspecified atom stereocenters. The van der Waals surface area contributed by atoms with E-state index in [1.54, 1.807) is 0 Å². The summed E-state index contributed by atoms with van der Waals surface area (Å²) >= 11 is 0. The molecule has 1 aromatic carbocycles. The molecule has 2 fully saturated rings. The van der Waals surface area contributed by atoms with Gasteiger partial charge in [0.1, 0.15) is 5.75 Å². The van der Waals surface area contributed by atoms with Crippen molar-refractivity contribution in [3.8, 4) is 5.75 Å². The molecule has 0 spiro atoms. The van der Waals surface area contributed by atoms with Crippen LogP contribution in [0.1, 0.15) is 38.2 Å². The van der Waals surface area contributed by atoms with Crippen LogP contribution in [0.4, 0.5) is 5.69 Å². The van der Waals surface area contributed by atoms with Gasteiger partial charge in [0, 0.05) is 11.7 Å². The quantitative estimate of drug-likeness (QED) is 0.866. The van der Waals surface area contributed by atoms with Crippen LogP contribution in [0, 0.1) is 18.8 Å². The third-order valence-electron chi connectivity index (χ3n) is 4.43. The Labute approximate surface area is 110 Å². The fourth-order valence-electron chi connectivity index (χ4n) is 3.34. The predicted molar refractivity (Wildman–Crippen MR) is 75.2 cm³/mol. The van der Waals surface area contributed by atoms with Crippen LogP contribution < -0.4 is 10.1 Å². The third-order valence-corrected chi connectivity index (χ3v) is 4.43. The number of hydrogen-bond acceptors (Lipinski definition) is 2. The molecule has 0 aromatic heterocycles. The molecule has 98 valence electrons. The summed E-state index contributed by atoms with van der Waals surface area (Å²) in [7, 11) is 0. The lowest BCUT2D eigenvalue weighted by Gasteiger charge is -2.25. The van der Waals surface area contributed by atoms with Gasteiger partial charge in [0.2, 0.25) is 0 Å². The van der Waals surface area contributed by atoms with E-state index in [1.807, 2.05) is 6.92 Å². The van der Waals surface area contributed by atoms with Crippen LogP contribution in [0.15, 0.2) is 18.2 Å². The van der Waals surface area contributed by atoms with E-state index in [0.717, 1.165) is 24.2 Å². The number of ether oxygens (including phenoxy) is 1. The third kappa shape index (κ3) is 2.33. The average Bonchev–Trinajstić information content (AvgIpc) is 3.13. The van der Waals surface area contributed by atoms with Gasteiger partial charge in [-0.1, -0.05) is 12.8 Å². The van der Waals surface area contributed by atoms with Gasteiger partial charge in [-0.05, 0) is 62.3 Å². The number of benzene rings is 1. The van der Waals surface area contributed by atoms with Gasteiger partial charge in [0.15, 0.2) is 0 Å². The molecule has 3 rings (SSSR count). The number of hydrogen-bond donors (Lipinski definition) is 1. The Kier molecular flexibility index (Phi) is 3.19. The van der Waals surface area contributed by atoms with Crippen LogP contribution >= 0.6 is 0 Å². The molecular weight excluding hydrogens is 222 g/mol. The van der Waals surface area contributed by atoms with Gasteiger partial charge in [0.25, 0.3) is 0 Å². The molecule has 0 bridgehead atoms. The monoisotopic (exact) mass is 245 g/mol. The lowest BCUT2D eigenvalue weighted by atomic mass is 9.95. The number of nitrogens with one attached hydrogen (secondary N) is 1. The summed E-state index contributed by atoms with van der Waals surface area (Å²) in [6.45, 7) is 4.92. The first-order valence-electron chi connectivity index (χ1n) is 7.28. The van der Waals surface area contributed by atoms with E-state index >= 15 is 0 Å². The largest absolute Gasteiger partial charge is 0.494 e. The van der Waals surface area contributed by atoms with Crippen molar-refractivity contribution in [2.75, 3.05) is 11.9 Å². The molecular formula is C16H23NO. The molecule has 0 saturated heterocycles. The van der Waals surface area contributed by atoms with Crippen molar-refractivity contribution in [3.05, 3.63) is 23.8 Å². The smallest absolute Gasteiger partial charge is 0.119 e. The highest BCUT2D eigenvalue weighted by Gasteiger charge is 2.45. The van der Waals surface area contributed by atoms with E-state index in [0.29, 0.717) is 6.04 Å². The second kappa shape index (κ2) is 4.83. The van der Waals surface area contributed by atoms with Crippen molar-refractivity contribution >= 4 is 5.69 Å². The molecule has 2 aliphatic rings. The first kappa shape index (κ1) is 11.9. The van der Waals surface area contributed by atoms with Crippen molar-refractivity contribution in [3.63, 3.8) is 0 Å². The Bertz CT molecular complexity index is 429. The fourth-order valence-corrected chi connectivity index (χ4v) is 3.34. The summed E-state index contributed by atoms with van der Waals surface area (Å²) in [5, 5.41) is 3.75. The van der Waals surface area contributed by atoms with Crippen LogP contribution in [-0.4, -0.2) is 12.6 Å². The van der Waals surface area contributed by atoms with Crippen molar-refractivity contribution < 1.29 is 4.74 Å².